The predicted molar refractivity (Wildman–Crippen MR) is 104 cm³/mol. The van der Waals surface area contributed by atoms with E-state index in [1.165, 1.54) is 12.6 Å². The average molecular weight is 374 g/mol. The van der Waals surface area contributed by atoms with E-state index in [0.717, 1.165) is 15.1 Å². The van der Waals surface area contributed by atoms with Crippen LogP contribution in [0.2, 0.25) is 0 Å². The van der Waals surface area contributed by atoms with Crippen molar-refractivity contribution in [3.63, 3.8) is 0 Å². The van der Waals surface area contributed by atoms with E-state index in [1.807, 2.05) is 61.5 Å². The lowest BCUT2D eigenvalue weighted by Gasteiger charge is -2.43. The zero-order valence-electron chi connectivity index (χ0n) is 14.7. The van der Waals surface area contributed by atoms with Gasteiger partial charge in [-0.3, -0.25) is 0 Å². The van der Waals surface area contributed by atoms with Crippen LogP contribution < -0.4 is 5.30 Å². The van der Waals surface area contributed by atoms with E-state index in [2.05, 4.69) is 0 Å². The molecule has 0 radical (unpaired) electrons. The molecule has 1 aliphatic rings. The lowest BCUT2D eigenvalue weighted by Crippen LogP contribution is -2.56. The quantitative estimate of drug-likeness (QED) is 0.756. The van der Waals surface area contributed by atoms with Gasteiger partial charge in [0.05, 0.1) is 19.0 Å². The lowest BCUT2D eigenvalue weighted by molar-refractivity contribution is 0.168. The summed E-state index contributed by atoms with van der Waals surface area (Å²) in [7, 11) is 5.08. The second-order valence-corrected chi connectivity index (χ2v) is 11.5. The SMILES string of the molecule is Cc1ccc(S[P+]2(c3ccccc3)N(C)C(=O)N(C)C(=O)N2C)cc1. The van der Waals surface area contributed by atoms with Gasteiger partial charge in [-0.1, -0.05) is 35.9 Å². The standard InChI is InChI=1S/C18H21N3O2PS/c1-14-10-12-16(13-11-14)25-24(15-8-6-5-7-9-15)20(3)17(22)19(2)18(23)21(24)4/h5-13H,1-4H3/q+1. The topological polar surface area (TPSA) is 43.9 Å². The molecule has 0 aliphatic carbocycles. The smallest absolute Gasteiger partial charge is 0.244 e. The third-order valence-electron chi connectivity index (χ3n) is 4.29. The first kappa shape index (κ1) is 17.8. The summed E-state index contributed by atoms with van der Waals surface area (Å²) in [5.74, 6) is 0. The summed E-state index contributed by atoms with van der Waals surface area (Å²) < 4.78 is 3.46. The molecular weight excluding hydrogens is 353 g/mol. The number of carbonyl (C=O) groups is 2. The van der Waals surface area contributed by atoms with Crippen LogP contribution in [-0.4, -0.2) is 47.4 Å². The molecule has 1 saturated heterocycles. The van der Waals surface area contributed by atoms with Crippen LogP contribution in [-0.2, 0) is 0 Å². The Morgan fingerprint density at radius 2 is 1.32 bits per heavy atom. The van der Waals surface area contributed by atoms with Crippen molar-refractivity contribution in [2.75, 3.05) is 21.1 Å². The summed E-state index contributed by atoms with van der Waals surface area (Å²) >= 11 is 1.59. The maximum atomic E-state index is 12.7. The molecule has 4 amide bonds. The highest BCUT2D eigenvalue weighted by molar-refractivity contribution is 8.63. The highest BCUT2D eigenvalue weighted by Crippen LogP contribution is 2.76. The number of urea groups is 2. The van der Waals surface area contributed by atoms with Crippen LogP contribution in [0.5, 0.6) is 0 Å². The Balaban J connectivity index is 2.16. The Morgan fingerprint density at radius 1 is 0.800 bits per heavy atom. The number of aryl methyl sites for hydroxylation is 1. The minimum absolute atomic E-state index is 0.278. The van der Waals surface area contributed by atoms with Crippen LogP contribution in [0.1, 0.15) is 5.56 Å². The first-order valence-corrected chi connectivity index (χ1v) is 11.0. The van der Waals surface area contributed by atoms with Crippen molar-refractivity contribution in [2.24, 2.45) is 0 Å². The van der Waals surface area contributed by atoms with Crippen LogP contribution in [0.25, 0.3) is 0 Å². The number of hydrogen-bond acceptors (Lipinski definition) is 3. The molecule has 2 aromatic carbocycles. The number of nitrogens with zero attached hydrogens (tertiary/aromatic N) is 3. The predicted octanol–water partition coefficient (Wildman–Crippen LogP) is 4.22. The highest BCUT2D eigenvalue weighted by atomic mass is 32.7. The number of rotatable bonds is 3. The molecule has 0 bridgehead atoms. The van der Waals surface area contributed by atoms with Crippen LogP contribution in [0.15, 0.2) is 59.5 Å². The molecule has 2 aromatic rings. The van der Waals surface area contributed by atoms with Gasteiger partial charge in [0, 0.05) is 7.05 Å². The summed E-state index contributed by atoms with van der Waals surface area (Å²) in [6.07, 6.45) is 0. The molecule has 0 spiro atoms. The summed E-state index contributed by atoms with van der Waals surface area (Å²) in [6.45, 7) is -0.430. The first-order valence-electron chi connectivity index (χ1n) is 7.89. The molecule has 130 valence electrons. The minimum atomic E-state index is -2.47. The molecule has 0 saturated carbocycles. The molecule has 1 aliphatic heterocycles. The Kier molecular flexibility index (Phi) is 4.76. The third-order valence-corrected chi connectivity index (χ3v) is 11.5. The third kappa shape index (κ3) is 2.90. The number of imide groups is 1. The zero-order chi connectivity index (χ0) is 18.2. The van der Waals surface area contributed by atoms with Crippen molar-refractivity contribution in [3.8, 4) is 0 Å². The van der Waals surface area contributed by atoms with Gasteiger partial charge in [-0.25, -0.2) is 14.5 Å². The average Bonchev–Trinajstić information content (AvgIpc) is 2.64. The zero-order valence-corrected chi connectivity index (χ0v) is 16.4. The summed E-state index contributed by atoms with van der Waals surface area (Å²) in [5.41, 5.74) is 1.17. The van der Waals surface area contributed by atoms with Gasteiger partial charge in [0.2, 0.25) is 0 Å². The normalized spacial score (nSPS) is 17.2. The summed E-state index contributed by atoms with van der Waals surface area (Å²) in [5, 5.41) is 0.986. The molecular formula is C18H21N3O2PS+. The molecule has 0 aromatic heterocycles. The van der Waals surface area contributed by atoms with Gasteiger partial charge in [0.25, 0.3) is 0 Å². The van der Waals surface area contributed by atoms with Crippen LogP contribution in [0, 0.1) is 6.92 Å². The van der Waals surface area contributed by atoms with E-state index < -0.39 is 6.77 Å². The molecule has 0 N–H and O–H groups in total. The van der Waals surface area contributed by atoms with Crippen LogP contribution >= 0.6 is 18.1 Å². The first-order chi connectivity index (χ1) is 11.9. The molecule has 0 unspecified atom stereocenters. The molecule has 0 atom stereocenters. The molecule has 1 fully saturated rings. The van der Waals surface area contributed by atoms with Crippen molar-refractivity contribution in [1.29, 1.82) is 0 Å². The van der Waals surface area contributed by atoms with Crippen molar-refractivity contribution < 1.29 is 9.59 Å². The van der Waals surface area contributed by atoms with Crippen molar-refractivity contribution in [1.82, 2.24) is 14.2 Å². The summed E-state index contributed by atoms with van der Waals surface area (Å²) in [6, 6.07) is 17.4. The van der Waals surface area contributed by atoms with Gasteiger partial charge in [-0.2, -0.15) is 9.34 Å². The fraction of sp³-hybridized carbons (Fsp3) is 0.222. The number of benzene rings is 2. The van der Waals surface area contributed by atoms with Gasteiger partial charge in [0.15, 0.2) is 5.30 Å². The Morgan fingerprint density at radius 3 is 1.84 bits per heavy atom. The molecule has 3 rings (SSSR count). The van der Waals surface area contributed by atoms with Gasteiger partial charge in [-0.05, 0) is 31.2 Å². The Hall–Kier alpha value is -2.04. The maximum Gasteiger partial charge on any atom is 0.362 e. The van der Waals surface area contributed by atoms with Crippen molar-refractivity contribution in [2.45, 2.75) is 11.8 Å². The largest absolute Gasteiger partial charge is 0.362 e. The van der Waals surface area contributed by atoms with E-state index in [1.54, 1.807) is 34.8 Å². The molecule has 25 heavy (non-hydrogen) atoms. The molecule has 5 nitrogen and oxygen atoms in total. The Bertz CT molecular complexity index is 776. The van der Waals surface area contributed by atoms with E-state index >= 15 is 0 Å². The van der Waals surface area contributed by atoms with E-state index in [9.17, 15) is 9.59 Å². The fourth-order valence-corrected chi connectivity index (χ4v) is 9.21. The summed E-state index contributed by atoms with van der Waals surface area (Å²) in [4.78, 5) is 27.7. The van der Waals surface area contributed by atoms with Gasteiger partial charge in [-0.15, -0.1) is 0 Å². The second-order valence-electron chi connectivity index (χ2n) is 5.96. The van der Waals surface area contributed by atoms with E-state index in [0.29, 0.717) is 0 Å². The molecule has 1 heterocycles. The van der Waals surface area contributed by atoms with Gasteiger partial charge >= 0.3 is 18.8 Å². The number of carbonyl (C=O) groups excluding carboxylic acids is 2. The highest BCUT2D eigenvalue weighted by Gasteiger charge is 2.62. The number of hydrogen-bond donors (Lipinski definition) is 0. The monoisotopic (exact) mass is 374 g/mol. The van der Waals surface area contributed by atoms with Crippen LogP contribution in [0.3, 0.4) is 0 Å². The number of amides is 4. The van der Waals surface area contributed by atoms with Gasteiger partial charge in [0.1, 0.15) is 11.4 Å². The van der Waals surface area contributed by atoms with E-state index in [4.69, 9.17) is 0 Å². The van der Waals surface area contributed by atoms with E-state index in [-0.39, 0.29) is 12.1 Å². The Labute approximate surface area is 152 Å². The van der Waals surface area contributed by atoms with Gasteiger partial charge < -0.3 is 0 Å². The fourth-order valence-electron chi connectivity index (χ4n) is 2.84. The van der Waals surface area contributed by atoms with Crippen molar-refractivity contribution >= 4 is 35.5 Å². The van der Waals surface area contributed by atoms with Crippen molar-refractivity contribution in [3.05, 3.63) is 60.2 Å². The second kappa shape index (κ2) is 6.70. The maximum absolute atomic E-state index is 12.7. The lowest BCUT2D eigenvalue weighted by atomic mass is 10.2. The molecule has 7 heteroatoms. The minimum Gasteiger partial charge on any atom is -0.244 e. The van der Waals surface area contributed by atoms with Crippen LogP contribution in [0.4, 0.5) is 9.59 Å².